The molecule has 0 aromatic heterocycles. The van der Waals surface area contributed by atoms with E-state index in [9.17, 15) is 9.59 Å². The van der Waals surface area contributed by atoms with Crippen LogP contribution in [0.3, 0.4) is 0 Å². The fourth-order valence-electron chi connectivity index (χ4n) is 2.30. The van der Waals surface area contributed by atoms with Crippen LogP contribution in [0.4, 0.5) is 4.79 Å². The van der Waals surface area contributed by atoms with Gasteiger partial charge in [0.25, 0.3) is 0 Å². The Morgan fingerprint density at radius 2 is 2.09 bits per heavy atom. The molecular formula is C15H16Cl2N2O4. The number of esters is 1. The molecule has 1 saturated heterocycles. The van der Waals surface area contributed by atoms with Crippen molar-refractivity contribution in [2.24, 2.45) is 5.92 Å². The molecule has 2 rings (SSSR count). The Hall–Kier alpha value is -1.76. The zero-order chi connectivity index (χ0) is 17.0. The van der Waals surface area contributed by atoms with Crippen LogP contribution in [-0.4, -0.2) is 32.3 Å². The summed E-state index contributed by atoms with van der Waals surface area (Å²) in [4.78, 5) is 24.1. The number of urea groups is 1. The largest absolute Gasteiger partial charge is 0.463 e. The van der Waals surface area contributed by atoms with E-state index in [1.165, 1.54) is 7.11 Å². The van der Waals surface area contributed by atoms with Gasteiger partial charge in [-0.3, -0.25) is 4.79 Å². The standard InChI is InChI=1S/C15H16Cl2N2O4/c1-8-11(14(20)23-7-6-22-2)13(19-15(21)18-8)9-4-3-5-10(16)12(9)17/h3-5,11,13H,1,6-7H2,2H3,(H2,18,19,21)/t11-,13+/m0/s1. The van der Waals surface area contributed by atoms with Crippen LogP contribution in [-0.2, 0) is 14.3 Å². The molecule has 2 N–H and O–H groups in total. The molecule has 1 heterocycles. The Kier molecular flexibility index (Phi) is 5.87. The third kappa shape index (κ3) is 3.96. The summed E-state index contributed by atoms with van der Waals surface area (Å²) in [5, 5.41) is 5.74. The Labute approximate surface area is 143 Å². The number of halogens is 2. The first-order valence-corrected chi connectivity index (χ1v) is 7.57. The zero-order valence-corrected chi connectivity index (χ0v) is 13.9. The van der Waals surface area contributed by atoms with Crippen molar-refractivity contribution in [2.45, 2.75) is 6.04 Å². The first kappa shape index (κ1) is 17.6. The van der Waals surface area contributed by atoms with Crippen LogP contribution in [0, 0.1) is 5.92 Å². The van der Waals surface area contributed by atoms with Gasteiger partial charge in [0.2, 0.25) is 0 Å². The van der Waals surface area contributed by atoms with Crippen LogP contribution in [0.15, 0.2) is 30.5 Å². The molecule has 1 aliphatic rings. The number of nitrogens with one attached hydrogen (secondary N) is 2. The number of amides is 2. The molecule has 0 bridgehead atoms. The lowest BCUT2D eigenvalue weighted by atomic mass is 9.89. The quantitative estimate of drug-likeness (QED) is 0.626. The average Bonchev–Trinajstić information content (AvgIpc) is 2.49. The first-order valence-electron chi connectivity index (χ1n) is 6.81. The number of carbonyl (C=O) groups excluding carboxylic acids is 2. The molecule has 1 aliphatic heterocycles. The van der Waals surface area contributed by atoms with Crippen molar-refractivity contribution in [3.8, 4) is 0 Å². The maximum Gasteiger partial charge on any atom is 0.319 e. The number of rotatable bonds is 5. The summed E-state index contributed by atoms with van der Waals surface area (Å²) in [5.74, 6) is -1.37. The van der Waals surface area contributed by atoms with Crippen LogP contribution in [0.2, 0.25) is 10.0 Å². The van der Waals surface area contributed by atoms with Gasteiger partial charge in [0.1, 0.15) is 12.5 Å². The number of methoxy groups -OCH3 is 1. The van der Waals surface area contributed by atoms with Crippen molar-refractivity contribution < 1.29 is 19.1 Å². The van der Waals surface area contributed by atoms with E-state index in [1.54, 1.807) is 18.2 Å². The zero-order valence-electron chi connectivity index (χ0n) is 12.4. The molecule has 6 nitrogen and oxygen atoms in total. The van der Waals surface area contributed by atoms with Gasteiger partial charge in [-0.2, -0.15) is 0 Å². The molecule has 0 aliphatic carbocycles. The smallest absolute Gasteiger partial charge is 0.319 e. The van der Waals surface area contributed by atoms with Crippen LogP contribution < -0.4 is 10.6 Å². The molecular weight excluding hydrogens is 343 g/mol. The van der Waals surface area contributed by atoms with Crippen molar-refractivity contribution in [1.82, 2.24) is 10.6 Å². The van der Waals surface area contributed by atoms with Crippen molar-refractivity contribution >= 4 is 35.2 Å². The first-order chi connectivity index (χ1) is 11.0. The molecule has 2 amide bonds. The minimum atomic E-state index is -0.833. The van der Waals surface area contributed by atoms with Crippen LogP contribution in [0.25, 0.3) is 0 Å². The molecule has 1 aromatic rings. The fraction of sp³-hybridized carbons (Fsp3) is 0.333. The van der Waals surface area contributed by atoms with Gasteiger partial charge in [0, 0.05) is 12.8 Å². The van der Waals surface area contributed by atoms with Gasteiger partial charge in [0.05, 0.1) is 22.7 Å². The highest BCUT2D eigenvalue weighted by Gasteiger charge is 2.39. The molecule has 1 aromatic carbocycles. The topological polar surface area (TPSA) is 76.7 Å². The molecule has 0 radical (unpaired) electrons. The second-order valence-electron chi connectivity index (χ2n) is 4.88. The van der Waals surface area contributed by atoms with Gasteiger partial charge in [-0.1, -0.05) is 41.9 Å². The lowest BCUT2D eigenvalue weighted by Crippen LogP contribution is -2.51. The highest BCUT2D eigenvalue weighted by Crippen LogP contribution is 2.37. The van der Waals surface area contributed by atoms with E-state index in [2.05, 4.69) is 17.2 Å². The highest BCUT2D eigenvalue weighted by molar-refractivity contribution is 6.42. The van der Waals surface area contributed by atoms with Crippen LogP contribution >= 0.6 is 23.2 Å². The second kappa shape index (κ2) is 7.68. The van der Waals surface area contributed by atoms with E-state index in [0.717, 1.165) is 0 Å². The summed E-state index contributed by atoms with van der Waals surface area (Å²) in [6.07, 6.45) is 0. The van der Waals surface area contributed by atoms with E-state index in [1.807, 2.05) is 0 Å². The van der Waals surface area contributed by atoms with Crippen LogP contribution in [0.5, 0.6) is 0 Å². The van der Waals surface area contributed by atoms with E-state index in [4.69, 9.17) is 32.7 Å². The van der Waals surface area contributed by atoms with E-state index < -0.39 is 24.0 Å². The Morgan fingerprint density at radius 3 is 2.78 bits per heavy atom. The molecule has 2 atom stereocenters. The SMILES string of the molecule is C=C1NC(=O)N[C@H](c2cccc(Cl)c2Cl)[C@H]1C(=O)OCCOC. The van der Waals surface area contributed by atoms with E-state index in [0.29, 0.717) is 10.6 Å². The number of carbonyl (C=O) groups is 2. The summed E-state index contributed by atoms with van der Waals surface area (Å²) >= 11 is 12.2. The monoisotopic (exact) mass is 358 g/mol. The molecule has 8 heteroatoms. The van der Waals surface area contributed by atoms with Gasteiger partial charge < -0.3 is 20.1 Å². The van der Waals surface area contributed by atoms with Crippen molar-refractivity contribution in [3.05, 3.63) is 46.1 Å². The normalized spacial score (nSPS) is 20.7. The van der Waals surface area contributed by atoms with Gasteiger partial charge in [-0.05, 0) is 11.6 Å². The van der Waals surface area contributed by atoms with E-state index in [-0.39, 0.29) is 23.9 Å². The lowest BCUT2D eigenvalue weighted by Gasteiger charge is -2.33. The van der Waals surface area contributed by atoms with Gasteiger partial charge in [-0.15, -0.1) is 0 Å². The molecule has 0 spiro atoms. The number of hydrogen-bond acceptors (Lipinski definition) is 4. The van der Waals surface area contributed by atoms with Gasteiger partial charge in [-0.25, -0.2) is 4.79 Å². The van der Waals surface area contributed by atoms with Crippen molar-refractivity contribution in [3.63, 3.8) is 0 Å². The number of benzene rings is 1. The summed E-state index contributed by atoms with van der Waals surface area (Å²) in [5.41, 5.74) is 0.751. The summed E-state index contributed by atoms with van der Waals surface area (Å²) in [6.45, 7) is 4.11. The van der Waals surface area contributed by atoms with Gasteiger partial charge in [0.15, 0.2) is 0 Å². The molecule has 1 fully saturated rings. The highest BCUT2D eigenvalue weighted by atomic mass is 35.5. The summed E-state index contributed by atoms with van der Waals surface area (Å²) in [7, 11) is 1.50. The number of ether oxygens (including phenoxy) is 2. The number of hydrogen-bond donors (Lipinski definition) is 2. The molecule has 0 unspecified atom stereocenters. The predicted octanol–water partition coefficient (Wildman–Crippen LogP) is 2.67. The van der Waals surface area contributed by atoms with Gasteiger partial charge >= 0.3 is 12.0 Å². The molecule has 0 saturated carbocycles. The minimum Gasteiger partial charge on any atom is -0.463 e. The maximum atomic E-state index is 12.4. The van der Waals surface area contributed by atoms with Crippen LogP contribution in [0.1, 0.15) is 11.6 Å². The Bertz CT molecular complexity index is 636. The fourth-order valence-corrected chi connectivity index (χ4v) is 2.72. The minimum absolute atomic E-state index is 0.100. The predicted molar refractivity (Wildman–Crippen MR) is 86.3 cm³/mol. The van der Waals surface area contributed by atoms with Crippen molar-refractivity contribution in [1.29, 1.82) is 0 Å². The van der Waals surface area contributed by atoms with Crippen molar-refractivity contribution in [2.75, 3.05) is 20.3 Å². The maximum absolute atomic E-state index is 12.4. The van der Waals surface area contributed by atoms with E-state index >= 15 is 0 Å². The Morgan fingerprint density at radius 1 is 1.35 bits per heavy atom. The summed E-state index contributed by atoms with van der Waals surface area (Å²) < 4.78 is 10.0. The lowest BCUT2D eigenvalue weighted by molar-refractivity contribution is -0.149. The third-order valence-corrected chi connectivity index (χ3v) is 4.21. The third-order valence-electron chi connectivity index (χ3n) is 3.37. The molecule has 23 heavy (non-hydrogen) atoms. The average molecular weight is 359 g/mol. The Balaban J connectivity index is 2.31. The summed E-state index contributed by atoms with van der Waals surface area (Å²) in [6, 6.07) is 3.80. The molecule has 124 valence electrons. The second-order valence-corrected chi connectivity index (χ2v) is 5.67.